The van der Waals surface area contributed by atoms with Crippen molar-refractivity contribution in [2.45, 2.75) is 77.3 Å². The fourth-order valence-corrected chi connectivity index (χ4v) is 5.89. The molecule has 158 valence electrons. The van der Waals surface area contributed by atoms with Crippen molar-refractivity contribution >= 4 is 21.7 Å². The molecule has 29 heavy (non-hydrogen) atoms. The zero-order valence-corrected chi connectivity index (χ0v) is 18.1. The molecule has 1 heterocycles. The first-order valence-corrected chi connectivity index (χ1v) is 12.3. The smallest absolute Gasteiger partial charge is 0.307 e. The summed E-state index contributed by atoms with van der Waals surface area (Å²) in [4.78, 5) is 14.8. The molecule has 2 N–H and O–H groups in total. The number of benzene rings is 1. The van der Waals surface area contributed by atoms with E-state index in [-0.39, 0.29) is 6.04 Å². The number of sulfonamides is 1. The maximum absolute atomic E-state index is 12.6. The third kappa shape index (κ3) is 4.36. The summed E-state index contributed by atoms with van der Waals surface area (Å²) in [6.45, 7) is 5.21. The van der Waals surface area contributed by atoms with Crippen LogP contribution in [0.5, 0.6) is 0 Å². The number of hydrogen-bond donors (Lipinski definition) is 2. The van der Waals surface area contributed by atoms with Gasteiger partial charge in [-0.2, -0.15) is 0 Å². The number of aryl methyl sites for hydroxylation is 2. The quantitative estimate of drug-likeness (QED) is 0.769. The van der Waals surface area contributed by atoms with Crippen LogP contribution >= 0.6 is 0 Å². The van der Waals surface area contributed by atoms with Crippen LogP contribution < -0.4 is 10.0 Å². The van der Waals surface area contributed by atoms with Crippen molar-refractivity contribution in [3.05, 3.63) is 39.8 Å². The van der Waals surface area contributed by atoms with Crippen LogP contribution in [0.1, 0.15) is 61.8 Å². The van der Waals surface area contributed by atoms with Crippen LogP contribution in [0, 0.1) is 0 Å². The van der Waals surface area contributed by atoms with Gasteiger partial charge in [0.15, 0.2) is 0 Å². The zero-order chi connectivity index (χ0) is 20.6. The standard InChI is InChI=1S/C22H31N3O3S/c1-15(2)25-12-5-8-18(25)11-13-29(27,28)24-22(26)23-21-19-9-3-6-16(19)14-17-7-4-10-20(17)21/h11,13-15,18H,3-10,12H2,1-2H3,(H2,23,24,26). The molecule has 0 aromatic heterocycles. The molecular weight excluding hydrogens is 386 g/mol. The van der Waals surface area contributed by atoms with Gasteiger partial charge in [0, 0.05) is 23.2 Å². The molecule has 1 aromatic rings. The van der Waals surface area contributed by atoms with Crippen LogP contribution in [0.4, 0.5) is 10.5 Å². The highest BCUT2D eigenvalue weighted by Gasteiger charge is 2.27. The molecule has 3 aliphatic rings. The van der Waals surface area contributed by atoms with E-state index in [1.54, 1.807) is 6.08 Å². The second kappa shape index (κ2) is 8.11. The SMILES string of the molecule is CC(C)N1CCCC1C=CS(=O)(=O)NC(=O)Nc1c2c(cc3c1CCC3)CCC2. The number of carbonyl (C=O) groups excluding carboxylic acids is 1. The highest BCUT2D eigenvalue weighted by atomic mass is 32.2. The fraction of sp³-hybridized carbons (Fsp3) is 0.591. The number of anilines is 1. The summed E-state index contributed by atoms with van der Waals surface area (Å²) >= 11 is 0. The van der Waals surface area contributed by atoms with Crippen LogP contribution in [0.15, 0.2) is 17.6 Å². The van der Waals surface area contributed by atoms with Crippen LogP contribution in [0.2, 0.25) is 0 Å². The number of likely N-dealkylation sites (tertiary alicyclic amines) is 1. The largest absolute Gasteiger partial charge is 0.333 e. The van der Waals surface area contributed by atoms with Crippen LogP contribution in [-0.4, -0.2) is 38.0 Å². The van der Waals surface area contributed by atoms with Crippen LogP contribution in [-0.2, 0) is 35.7 Å². The van der Waals surface area contributed by atoms with Crippen LogP contribution in [0.3, 0.4) is 0 Å². The second-order valence-electron chi connectivity index (χ2n) is 8.70. The minimum atomic E-state index is -3.83. The van der Waals surface area contributed by atoms with Gasteiger partial charge in [-0.1, -0.05) is 12.1 Å². The van der Waals surface area contributed by atoms with E-state index in [0.29, 0.717) is 6.04 Å². The van der Waals surface area contributed by atoms with Crippen molar-refractivity contribution in [1.29, 1.82) is 0 Å². The fourth-order valence-electron chi connectivity index (χ4n) is 5.13. The van der Waals surface area contributed by atoms with Gasteiger partial charge in [0.05, 0.1) is 0 Å². The molecule has 2 aliphatic carbocycles. The van der Waals surface area contributed by atoms with Gasteiger partial charge in [-0.05, 0) is 94.0 Å². The molecule has 1 unspecified atom stereocenters. The lowest BCUT2D eigenvalue weighted by Gasteiger charge is -2.25. The average molecular weight is 418 g/mol. The number of urea groups is 1. The minimum Gasteiger partial charge on any atom is -0.307 e. The van der Waals surface area contributed by atoms with Crippen molar-refractivity contribution in [3.63, 3.8) is 0 Å². The highest BCUT2D eigenvalue weighted by Crippen LogP contribution is 2.38. The molecule has 2 amide bonds. The van der Waals surface area contributed by atoms with Gasteiger partial charge in [0.2, 0.25) is 0 Å². The first-order valence-electron chi connectivity index (χ1n) is 10.8. The highest BCUT2D eigenvalue weighted by molar-refractivity contribution is 7.92. The summed E-state index contributed by atoms with van der Waals surface area (Å²) in [7, 11) is -3.83. The topological polar surface area (TPSA) is 78.5 Å². The van der Waals surface area contributed by atoms with E-state index in [1.807, 2.05) is 0 Å². The lowest BCUT2D eigenvalue weighted by Crippen LogP contribution is -2.36. The normalized spacial score (nSPS) is 21.7. The van der Waals surface area contributed by atoms with Gasteiger partial charge in [-0.25, -0.2) is 17.9 Å². The van der Waals surface area contributed by atoms with E-state index < -0.39 is 16.1 Å². The number of fused-ring (bicyclic) bond motifs is 2. The van der Waals surface area contributed by atoms with Crippen molar-refractivity contribution in [1.82, 2.24) is 9.62 Å². The summed E-state index contributed by atoms with van der Waals surface area (Å²) in [6.07, 6.45) is 9.84. The molecule has 1 atom stereocenters. The number of nitrogens with one attached hydrogen (secondary N) is 2. The third-order valence-electron chi connectivity index (χ3n) is 6.43. The van der Waals surface area contributed by atoms with Gasteiger partial charge in [0.1, 0.15) is 0 Å². The Morgan fingerprint density at radius 3 is 2.38 bits per heavy atom. The summed E-state index contributed by atoms with van der Waals surface area (Å²) in [5.41, 5.74) is 5.84. The summed E-state index contributed by atoms with van der Waals surface area (Å²) in [5.74, 6) is 0. The number of rotatable bonds is 5. The summed E-state index contributed by atoms with van der Waals surface area (Å²) < 4.78 is 27.1. The maximum Gasteiger partial charge on any atom is 0.333 e. The van der Waals surface area contributed by atoms with E-state index in [9.17, 15) is 13.2 Å². The minimum absolute atomic E-state index is 0.107. The average Bonchev–Trinajstić information content (AvgIpc) is 3.39. The molecule has 4 rings (SSSR count). The van der Waals surface area contributed by atoms with Crippen molar-refractivity contribution in [3.8, 4) is 0 Å². The molecule has 7 heteroatoms. The molecule has 1 aliphatic heterocycles. The molecule has 1 saturated heterocycles. The molecule has 0 saturated carbocycles. The number of hydrogen-bond acceptors (Lipinski definition) is 4. The summed E-state index contributed by atoms with van der Waals surface area (Å²) in [6, 6.07) is 2.09. The first-order chi connectivity index (χ1) is 13.8. The molecule has 6 nitrogen and oxygen atoms in total. The van der Waals surface area contributed by atoms with Crippen molar-refractivity contribution < 1.29 is 13.2 Å². The monoisotopic (exact) mass is 417 g/mol. The molecule has 0 bridgehead atoms. The Bertz CT molecular complexity index is 905. The second-order valence-corrected chi connectivity index (χ2v) is 10.3. The van der Waals surface area contributed by atoms with E-state index >= 15 is 0 Å². The maximum atomic E-state index is 12.6. The number of nitrogens with zero attached hydrogens (tertiary/aromatic N) is 1. The first kappa shape index (κ1) is 20.4. The predicted octanol–water partition coefficient (Wildman–Crippen LogP) is 3.50. The lowest BCUT2D eigenvalue weighted by atomic mass is 9.99. The van der Waals surface area contributed by atoms with Gasteiger partial charge in [-0.3, -0.25) is 4.90 Å². The molecule has 0 spiro atoms. The van der Waals surface area contributed by atoms with Crippen molar-refractivity contribution in [2.24, 2.45) is 0 Å². The predicted molar refractivity (Wildman–Crippen MR) is 116 cm³/mol. The van der Waals surface area contributed by atoms with E-state index in [0.717, 1.165) is 69.0 Å². The third-order valence-corrected chi connectivity index (χ3v) is 7.42. The van der Waals surface area contributed by atoms with Gasteiger partial charge in [-0.15, -0.1) is 0 Å². The molecule has 1 aromatic carbocycles. The number of carbonyl (C=O) groups is 1. The molecule has 0 radical (unpaired) electrons. The lowest BCUT2D eigenvalue weighted by molar-refractivity contribution is 0.234. The Hall–Kier alpha value is -1.86. The van der Waals surface area contributed by atoms with E-state index in [1.165, 1.54) is 22.3 Å². The number of amides is 2. The Kier molecular flexibility index (Phi) is 5.71. The summed E-state index contributed by atoms with van der Waals surface area (Å²) in [5, 5.41) is 4.03. The molecule has 1 fully saturated rings. The van der Waals surface area contributed by atoms with E-state index in [2.05, 4.69) is 34.9 Å². The van der Waals surface area contributed by atoms with Gasteiger partial charge in [0.25, 0.3) is 10.0 Å². The Morgan fingerprint density at radius 2 is 1.76 bits per heavy atom. The Balaban J connectivity index is 1.46. The Labute approximate surface area is 173 Å². The van der Waals surface area contributed by atoms with Gasteiger partial charge >= 0.3 is 6.03 Å². The van der Waals surface area contributed by atoms with Crippen molar-refractivity contribution in [2.75, 3.05) is 11.9 Å². The Morgan fingerprint density at radius 1 is 1.10 bits per heavy atom. The van der Waals surface area contributed by atoms with E-state index in [4.69, 9.17) is 0 Å². The van der Waals surface area contributed by atoms with Crippen LogP contribution in [0.25, 0.3) is 0 Å². The van der Waals surface area contributed by atoms with Gasteiger partial charge < -0.3 is 5.32 Å². The molecular formula is C22H31N3O3S. The zero-order valence-electron chi connectivity index (χ0n) is 17.3.